The summed E-state index contributed by atoms with van der Waals surface area (Å²) in [5.74, 6) is 0. The van der Waals surface area contributed by atoms with Crippen LogP contribution in [0.3, 0.4) is 0 Å². The zero-order valence-corrected chi connectivity index (χ0v) is 58.5. The molecule has 0 spiro atoms. The van der Waals surface area contributed by atoms with Crippen LogP contribution < -0.4 is 19.6 Å². The lowest BCUT2D eigenvalue weighted by atomic mass is 9.88. The maximum atomic E-state index is 5.65. The number of aromatic nitrogens is 4. The first kappa shape index (κ1) is 63.3. The van der Waals surface area contributed by atoms with Gasteiger partial charge in [0.1, 0.15) is 0 Å². The fourth-order valence-electron chi connectivity index (χ4n) is 16.3. The Morgan fingerprint density at radius 3 is 0.610 bits per heavy atom. The molecule has 0 atom stereocenters. The molecule has 8 nitrogen and oxygen atoms in total. The minimum atomic E-state index is 0.720. The minimum absolute atomic E-state index is 0.720. The van der Waals surface area contributed by atoms with Crippen LogP contribution in [0.25, 0.3) is 75.9 Å². The number of anilines is 12. The fourth-order valence-corrected chi connectivity index (χ4v) is 16.3. The third-order valence-corrected chi connectivity index (χ3v) is 20.7. The molecular formula is C92H82N8. The molecule has 8 heteroatoms. The quantitative estimate of drug-likeness (QED) is 0.0700. The zero-order valence-electron chi connectivity index (χ0n) is 58.5. The Labute approximate surface area is 586 Å². The van der Waals surface area contributed by atoms with Crippen molar-refractivity contribution >= 4 is 144 Å². The molecule has 0 amide bonds. The summed E-state index contributed by atoms with van der Waals surface area (Å²) in [5.41, 5.74) is 26.0. The Morgan fingerprint density at radius 1 is 0.210 bits per heavy atom. The van der Waals surface area contributed by atoms with Gasteiger partial charge in [-0.25, -0.2) is 0 Å². The normalized spacial score (nSPS) is 11.7. The van der Waals surface area contributed by atoms with Crippen molar-refractivity contribution in [2.24, 2.45) is 0 Å². The lowest BCUT2D eigenvalue weighted by Gasteiger charge is -2.37. The molecule has 0 bridgehead atoms. The molecule has 0 aliphatic heterocycles. The molecule has 100 heavy (non-hydrogen) atoms. The molecule has 0 unspecified atom stereocenters. The largest absolute Gasteiger partial charge is 0.308 e. The van der Waals surface area contributed by atoms with Gasteiger partial charge < -0.3 is 19.6 Å². The van der Waals surface area contributed by atoms with Gasteiger partial charge in [-0.05, 0) is 159 Å². The lowest BCUT2D eigenvalue weighted by molar-refractivity contribution is 1.01. The van der Waals surface area contributed by atoms with E-state index in [-0.39, 0.29) is 0 Å². The van der Waals surface area contributed by atoms with Gasteiger partial charge in [-0.1, -0.05) is 225 Å². The molecule has 0 aliphatic rings. The van der Waals surface area contributed by atoms with Gasteiger partial charge in [-0.2, -0.15) is 0 Å². The Morgan fingerprint density at radius 2 is 0.410 bits per heavy atom. The topological polar surface area (TPSA) is 64.5 Å². The molecule has 16 rings (SSSR count). The van der Waals surface area contributed by atoms with Gasteiger partial charge in [0.05, 0.1) is 90.3 Å². The van der Waals surface area contributed by atoms with E-state index in [2.05, 4.69) is 330 Å². The van der Waals surface area contributed by atoms with Crippen molar-refractivity contribution in [1.82, 2.24) is 19.9 Å². The Kier molecular flexibility index (Phi) is 16.9. The summed E-state index contributed by atoms with van der Waals surface area (Å²) in [4.78, 5) is 32.9. The molecule has 12 aromatic carbocycles. The highest BCUT2D eigenvalue weighted by Gasteiger charge is 2.34. The van der Waals surface area contributed by atoms with E-state index in [0.29, 0.717) is 0 Å². The zero-order chi connectivity index (χ0) is 68.1. The van der Waals surface area contributed by atoms with E-state index in [9.17, 15) is 0 Å². The monoisotopic (exact) mass is 1300 g/mol. The Balaban J connectivity index is 1.16. The van der Waals surface area contributed by atoms with Crippen LogP contribution in [-0.4, -0.2) is 19.9 Å². The molecule has 0 saturated carbocycles. The molecule has 0 aliphatic carbocycles. The maximum absolute atomic E-state index is 5.65. The summed E-state index contributed by atoms with van der Waals surface area (Å²) < 4.78 is 0. The van der Waals surface area contributed by atoms with Gasteiger partial charge in [-0.3, -0.25) is 19.9 Å². The average Bonchev–Trinajstić information content (AvgIpc) is 0.694. The van der Waals surface area contributed by atoms with Crippen LogP contribution in [0.1, 0.15) is 100 Å². The molecule has 4 aromatic heterocycles. The highest BCUT2D eigenvalue weighted by atomic mass is 15.2. The van der Waals surface area contributed by atoms with Crippen molar-refractivity contribution in [3.8, 4) is 0 Å². The Bertz CT molecular complexity index is 5040. The van der Waals surface area contributed by atoms with E-state index in [1.807, 2.05) is 0 Å². The molecule has 0 radical (unpaired) electrons. The second kappa shape index (κ2) is 26.7. The first-order valence-corrected chi connectivity index (χ1v) is 36.1. The smallest absolute Gasteiger partial charge is 0.0715 e. The van der Waals surface area contributed by atoms with Gasteiger partial charge in [0.25, 0.3) is 0 Å². The second-order valence-electron chi connectivity index (χ2n) is 26.0. The highest BCUT2D eigenvalue weighted by molar-refractivity contribution is 6.33. The standard InChI is InChI=1S/C92H82N8/c1-9-63-67-45-29-33-49-79(67)93-75(13-5)89(63)97(59-37-21-17-22-38-59)83-57-84(98(60-39-23-18-24-40-60)90-64(10-2)68-46-30-34-50-80(68)94-76(90)14-6)72-55-56-74-86(100(62-43-27-20-28-44-62)92-66(12-4)70-48-32-36-52-82(70)96-78(92)16-8)58-85(73-54-53-71(83)87(72)88(73)74)99(61-41-25-19-26-42-61)91-65(11-3)69-47-31-35-51-81(69)95-77(91)15-7/h17-58H,9-16H2,1-8H3. The predicted octanol–water partition coefficient (Wildman–Crippen LogP) is 25.2. The van der Waals surface area contributed by atoms with Crippen molar-refractivity contribution < 1.29 is 0 Å². The number of para-hydroxylation sites is 8. The summed E-state index contributed by atoms with van der Waals surface area (Å²) in [5, 5.41) is 11.4. The molecule has 0 saturated heterocycles. The van der Waals surface area contributed by atoms with Crippen LogP contribution in [0.4, 0.5) is 68.2 Å². The van der Waals surface area contributed by atoms with E-state index >= 15 is 0 Å². The maximum Gasteiger partial charge on any atom is 0.0715 e. The number of rotatable bonds is 20. The number of aryl methyl sites for hydroxylation is 8. The number of hydrogen-bond donors (Lipinski definition) is 0. The van der Waals surface area contributed by atoms with Crippen molar-refractivity contribution in [2.75, 3.05) is 19.6 Å². The fraction of sp³-hybridized carbons (Fsp3) is 0.174. The lowest BCUT2D eigenvalue weighted by Crippen LogP contribution is -2.20. The molecule has 16 aromatic rings. The van der Waals surface area contributed by atoms with Gasteiger partial charge in [0, 0.05) is 76.6 Å². The minimum Gasteiger partial charge on any atom is -0.308 e. The molecular weight excluding hydrogens is 1220 g/mol. The average molecular weight is 1300 g/mol. The number of nitrogens with zero attached hydrogens (tertiary/aromatic N) is 8. The van der Waals surface area contributed by atoms with Crippen LogP contribution in [0.15, 0.2) is 255 Å². The van der Waals surface area contributed by atoms with Gasteiger partial charge in [-0.15, -0.1) is 0 Å². The SMILES string of the molecule is CCc1nc2ccccc2c(CC)c1N(c1ccccc1)c1cc(N(c2ccccc2)c2c(CC)nc3ccccc3c2CC)c2ccc3c(N(c4ccccc4)c4c(CC)nc5ccccc5c4CC)cc(N(c4ccccc4)c4c(CC)nc5ccccc5c4CC)c4ccc1c2c43. The number of fused-ring (bicyclic) bond motifs is 4. The van der Waals surface area contributed by atoms with Crippen molar-refractivity contribution in [2.45, 2.75) is 107 Å². The summed E-state index contributed by atoms with van der Waals surface area (Å²) in [7, 11) is 0. The van der Waals surface area contributed by atoms with E-state index in [4.69, 9.17) is 19.9 Å². The third-order valence-electron chi connectivity index (χ3n) is 20.7. The molecule has 490 valence electrons. The summed E-state index contributed by atoms with van der Waals surface area (Å²) in [6, 6.07) is 94.1. The van der Waals surface area contributed by atoms with Crippen LogP contribution in [0.5, 0.6) is 0 Å². The first-order valence-electron chi connectivity index (χ1n) is 36.1. The molecule has 0 N–H and O–H groups in total. The van der Waals surface area contributed by atoms with E-state index in [1.54, 1.807) is 0 Å². The van der Waals surface area contributed by atoms with Crippen LogP contribution in [0.2, 0.25) is 0 Å². The van der Waals surface area contributed by atoms with Gasteiger partial charge in [0.15, 0.2) is 0 Å². The second-order valence-corrected chi connectivity index (χ2v) is 26.0. The van der Waals surface area contributed by atoms with E-state index < -0.39 is 0 Å². The number of hydrogen-bond acceptors (Lipinski definition) is 8. The van der Waals surface area contributed by atoms with Crippen LogP contribution >= 0.6 is 0 Å². The van der Waals surface area contributed by atoms with E-state index in [1.165, 1.54) is 22.3 Å². The van der Waals surface area contributed by atoms with Gasteiger partial charge in [0.2, 0.25) is 0 Å². The van der Waals surface area contributed by atoms with Crippen molar-refractivity contribution in [3.05, 3.63) is 300 Å². The molecule has 0 fully saturated rings. The number of pyridine rings is 4. The molecule has 4 heterocycles. The van der Waals surface area contributed by atoms with Crippen molar-refractivity contribution in [1.29, 1.82) is 0 Å². The van der Waals surface area contributed by atoms with Crippen LogP contribution in [0, 0.1) is 0 Å². The summed E-state index contributed by atoms with van der Waals surface area (Å²) >= 11 is 0. The van der Waals surface area contributed by atoms with Crippen LogP contribution in [-0.2, 0) is 51.4 Å². The predicted molar refractivity (Wildman–Crippen MR) is 425 cm³/mol. The summed E-state index contributed by atoms with van der Waals surface area (Å²) in [6.45, 7) is 18.3. The van der Waals surface area contributed by atoms with Crippen molar-refractivity contribution in [3.63, 3.8) is 0 Å². The third kappa shape index (κ3) is 10.4. The highest BCUT2D eigenvalue weighted by Crippen LogP contribution is 2.58. The summed E-state index contributed by atoms with van der Waals surface area (Å²) in [6.07, 6.45) is 6.03. The number of benzene rings is 12. The van der Waals surface area contributed by atoms with Gasteiger partial charge >= 0.3 is 0 Å². The Hall–Kier alpha value is -11.5. The first-order chi connectivity index (χ1) is 49.3. The van der Waals surface area contributed by atoms with E-state index in [0.717, 1.165) is 218 Å².